The van der Waals surface area contributed by atoms with Crippen LogP contribution in [0.3, 0.4) is 0 Å². The van der Waals surface area contributed by atoms with Crippen LogP contribution in [-0.4, -0.2) is 33.8 Å². The molecule has 1 N–H and O–H groups in total. The number of unbranched alkanes of at least 4 members (excludes halogenated alkanes) is 2. The fraction of sp³-hybridized carbons (Fsp3) is 0.320. The number of allylic oxidation sites excluding steroid dienone is 1. The van der Waals surface area contributed by atoms with Gasteiger partial charge in [-0.3, -0.25) is 0 Å². The zero-order valence-electron chi connectivity index (χ0n) is 19.0. The molecule has 4 rings (SSSR count). The van der Waals surface area contributed by atoms with Gasteiger partial charge in [0.25, 0.3) is 5.89 Å². The Kier molecular flexibility index (Phi) is 7.30. The van der Waals surface area contributed by atoms with Crippen molar-refractivity contribution < 1.29 is 9.26 Å². The molecule has 0 fully saturated rings. The number of nitrogens with one attached hydrogen (secondary N) is 1. The van der Waals surface area contributed by atoms with Crippen LogP contribution in [0.15, 0.2) is 58.8 Å². The molecule has 1 aliphatic rings. The summed E-state index contributed by atoms with van der Waals surface area (Å²) in [7, 11) is 1.66. The van der Waals surface area contributed by atoms with E-state index in [2.05, 4.69) is 29.2 Å². The number of nitrogens with zero attached hydrogens (tertiary/aromatic N) is 3. The standard InChI is InChI=1S/C25H27ClN4O2S/c1-4-5-6-14-30-16(2)21(22(27-25(30)33)18-8-7-9-20(15-18)31-3)24-28-23(29-32-24)17-10-12-19(26)13-11-17/h7-13,15,22H,4-6,14H2,1-3H3,(H,27,33). The summed E-state index contributed by atoms with van der Waals surface area (Å²) in [5, 5.41) is 9.09. The van der Waals surface area contributed by atoms with Crippen LogP contribution in [0.25, 0.3) is 17.0 Å². The zero-order chi connectivity index (χ0) is 23.4. The molecule has 0 spiro atoms. The Morgan fingerprint density at radius 3 is 2.70 bits per heavy atom. The summed E-state index contributed by atoms with van der Waals surface area (Å²) in [5.74, 6) is 1.74. The van der Waals surface area contributed by atoms with Crippen molar-refractivity contribution in [2.75, 3.05) is 13.7 Å². The molecule has 0 saturated heterocycles. The number of hydrogen-bond acceptors (Lipinski definition) is 5. The average molecular weight is 483 g/mol. The first kappa shape index (κ1) is 23.3. The number of methoxy groups -OCH3 is 1. The van der Waals surface area contributed by atoms with Crippen molar-refractivity contribution in [2.24, 2.45) is 0 Å². The lowest BCUT2D eigenvalue weighted by Gasteiger charge is -2.37. The summed E-state index contributed by atoms with van der Waals surface area (Å²) in [5.41, 5.74) is 3.75. The summed E-state index contributed by atoms with van der Waals surface area (Å²) in [4.78, 5) is 6.87. The van der Waals surface area contributed by atoms with Crippen molar-refractivity contribution in [3.8, 4) is 17.1 Å². The second kappa shape index (κ2) is 10.4. The van der Waals surface area contributed by atoms with E-state index in [-0.39, 0.29) is 6.04 Å². The maximum Gasteiger partial charge on any atom is 0.258 e. The molecule has 2 aromatic carbocycles. The molecule has 2 heterocycles. The molecule has 1 atom stereocenters. The lowest BCUT2D eigenvalue weighted by Crippen LogP contribution is -2.46. The van der Waals surface area contributed by atoms with E-state index in [0.29, 0.717) is 21.9 Å². The first-order valence-corrected chi connectivity index (χ1v) is 11.8. The van der Waals surface area contributed by atoms with Crippen LogP contribution < -0.4 is 10.1 Å². The fourth-order valence-corrected chi connectivity index (χ4v) is 4.44. The highest BCUT2D eigenvalue weighted by molar-refractivity contribution is 7.80. The lowest BCUT2D eigenvalue weighted by molar-refractivity contribution is 0.394. The highest BCUT2D eigenvalue weighted by Crippen LogP contribution is 2.38. The van der Waals surface area contributed by atoms with Crippen LogP contribution >= 0.6 is 23.8 Å². The molecule has 1 aromatic heterocycles. The molecule has 0 saturated carbocycles. The molecule has 0 radical (unpaired) electrons. The van der Waals surface area contributed by atoms with E-state index < -0.39 is 0 Å². The Bertz CT molecular complexity index is 1160. The number of hydrogen-bond donors (Lipinski definition) is 1. The minimum atomic E-state index is -0.242. The summed E-state index contributed by atoms with van der Waals surface area (Å²) >= 11 is 11.8. The minimum absolute atomic E-state index is 0.242. The van der Waals surface area contributed by atoms with E-state index in [0.717, 1.165) is 54.0 Å². The van der Waals surface area contributed by atoms with Gasteiger partial charge >= 0.3 is 0 Å². The molecule has 3 aromatic rings. The topological polar surface area (TPSA) is 63.4 Å². The summed E-state index contributed by atoms with van der Waals surface area (Å²) in [6.07, 6.45) is 3.33. The van der Waals surface area contributed by atoms with E-state index >= 15 is 0 Å². The Labute approximate surface area is 204 Å². The normalized spacial score (nSPS) is 16.2. The molecule has 1 unspecified atom stereocenters. The lowest BCUT2D eigenvalue weighted by atomic mass is 9.94. The average Bonchev–Trinajstić information content (AvgIpc) is 3.31. The summed E-state index contributed by atoms with van der Waals surface area (Å²) in [6, 6.07) is 15.1. The van der Waals surface area contributed by atoms with Crippen LogP contribution in [0.2, 0.25) is 5.02 Å². The molecular weight excluding hydrogens is 456 g/mol. The van der Waals surface area contributed by atoms with Crippen LogP contribution in [0.1, 0.15) is 50.6 Å². The van der Waals surface area contributed by atoms with Gasteiger partial charge in [0.05, 0.1) is 18.7 Å². The van der Waals surface area contributed by atoms with Gasteiger partial charge in [-0.15, -0.1) is 0 Å². The van der Waals surface area contributed by atoms with Gasteiger partial charge in [0.1, 0.15) is 5.75 Å². The zero-order valence-corrected chi connectivity index (χ0v) is 20.5. The minimum Gasteiger partial charge on any atom is -0.497 e. The van der Waals surface area contributed by atoms with E-state index in [4.69, 9.17) is 38.1 Å². The maximum atomic E-state index is 6.03. The number of rotatable bonds is 8. The molecule has 6 nitrogen and oxygen atoms in total. The number of aromatic nitrogens is 2. The van der Waals surface area contributed by atoms with Gasteiger partial charge in [0.2, 0.25) is 5.82 Å². The number of ether oxygens (including phenoxy) is 1. The summed E-state index contributed by atoms with van der Waals surface area (Å²) < 4.78 is 11.2. The van der Waals surface area contributed by atoms with Crippen molar-refractivity contribution in [3.63, 3.8) is 0 Å². The smallest absolute Gasteiger partial charge is 0.258 e. The van der Waals surface area contributed by atoms with Crippen LogP contribution in [0, 0.1) is 0 Å². The second-order valence-electron chi connectivity index (χ2n) is 7.95. The Morgan fingerprint density at radius 1 is 1.18 bits per heavy atom. The number of benzene rings is 2. The number of thiocarbonyl (C=S) groups is 1. The summed E-state index contributed by atoms with van der Waals surface area (Å²) in [6.45, 7) is 5.09. The predicted octanol–water partition coefficient (Wildman–Crippen LogP) is 6.25. The van der Waals surface area contributed by atoms with E-state index in [9.17, 15) is 0 Å². The molecule has 172 valence electrons. The van der Waals surface area contributed by atoms with Crippen molar-refractivity contribution in [3.05, 3.63) is 70.7 Å². The quantitative estimate of drug-likeness (QED) is 0.300. The Morgan fingerprint density at radius 2 is 1.97 bits per heavy atom. The van der Waals surface area contributed by atoms with Crippen molar-refractivity contribution in [1.29, 1.82) is 0 Å². The molecule has 33 heavy (non-hydrogen) atoms. The third-order valence-electron chi connectivity index (χ3n) is 5.77. The van der Waals surface area contributed by atoms with E-state index in [1.807, 2.05) is 48.5 Å². The van der Waals surface area contributed by atoms with Crippen LogP contribution in [0.5, 0.6) is 5.75 Å². The highest BCUT2D eigenvalue weighted by Gasteiger charge is 2.34. The van der Waals surface area contributed by atoms with E-state index in [1.54, 1.807) is 7.11 Å². The van der Waals surface area contributed by atoms with Gasteiger partial charge in [-0.05, 0) is 67.5 Å². The second-order valence-corrected chi connectivity index (χ2v) is 8.77. The fourth-order valence-electron chi connectivity index (χ4n) is 3.97. The maximum absolute atomic E-state index is 6.03. The highest BCUT2D eigenvalue weighted by atomic mass is 35.5. The largest absolute Gasteiger partial charge is 0.497 e. The van der Waals surface area contributed by atoms with Gasteiger partial charge in [-0.2, -0.15) is 4.98 Å². The molecular formula is C25H27ClN4O2S. The van der Waals surface area contributed by atoms with Crippen molar-refractivity contribution in [2.45, 2.75) is 39.2 Å². The molecule has 0 aliphatic carbocycles. The van der Waals surface area contributed by atoms with Crippen LogP contribution in [-0.2, 0) is 0 Å². The Balaban J connectivity index is 1.77. The third kappa shape index (κ3) is 5.04. The Hall–Kier alpha value is -2.90. The molecule has 8 heteroatoms. The monoisotopic (exact) mass is 482 g/mol. The van der Waals surface area contributed by atoms with E-state index in [1.165, 1.54) is 0 Å². The third-order valence-corrected chi connectivity index (χ3v) is 6.36. The van der Waals surface area contributed by atoms with Crippen molar-refractivity contribution in [1.82, 2.24) is 20.4 Å². The first-order chi connectivity index (χ1) is 16.0. The molecule has 0 amide bonds. The first-order valence-electron chi connectivity index (χ1n) is 11.0. The van der Waals surface area contributed by atoms with Gasteiger partial charge in [-0.25, -0.2) is 0 Å². The van der Waals surface area contributed by atoms with Gasteiger partial charge in [0, 0.05) is 22.8 Å². The van der Waals surface area contributed by atoms with Crippen molar-refractivity contribution >= 4 is 34.5 Å². The number of halogens is 1. The predicted molar refractivity (Wildman–Crippen MR) is 135 cm³/mol. The van der Waals surface area contributed by atoms with Gasteiger partial charge in [-0.1, -0.05) is 48.7 Å². The molecule has 0 bridgehead atoms. The SMILES string of the molecule is CCCCCN1C(=S)NC(c2cccc(OC)c2)C(c2nc(-c3ccc(Cl)cc3)no2)=C1C. The van der Waals surface area contributed by atoms with Gasteiger partial charge < -0.3 is 19.5 Å². The molecule has 1 aliphatic heterocycles. The van der Waals surface area contributed by atoms with Gasteiger partial charge in [0.15, 0.2) is 5.11 Å². The van der Waals surface area contributed by atoms with Crippen LogP contribution in [0.4, 0.5) is 0 Å².